The van der Waals surface area contributed by atoms with E-state index in [0.29, 0.717) is 11.6 Å². The molecule has 1 amide bonds. The van der Waals surface area contributed by atoms with Gasteiger partial charge in [0, 0.05) is 22.0 Å². The van der Waals surface area contributed by atoms with Crippen LogP contribution >= 0.6 is 15.9 Å². The predicted octanol–water partition coefficient (Wildman–Crippen LogP) is 4.85. The van der Waals surface area contributed by atoms with Gasteiger partial charge in [-0.25, -0.2) is 9.97 Å². The fourth-order valence-electron chi connectivity index (χ4n) is 2.23. The van der Waals surface area contributed by atoms with Crippen molar-refractivity contribution in [3.63, 3.8) is 0 Å². The van der Waals surface area contributed by atoms with Crippen LogP contribution in [-0.4, -0.2) is 15.9 Å². The fraction of sp³-hybridized carbons (Fsp3) is 0.105. The summed E-state index contributed by atoms with van der Waals surface area (Å²) in [5, 5.41) is 5.95. The summed E-state index contributed by atoms with van der Waals surface area (Å²) in [5.41, 5.74) is 4.12. The minimum atomic E-state index is -0.277. The lowest BCUT2D eigenvalue weighted by Gasteiger charge is -2.09. The van der Waals surface area contributed by atoms with E-state index in [1.54, 1.807) is 12.3 Å². The maximum Gasteiger partial charge on any atom is 0.274 e. The van der Waals surface area contributed by atoms with Crippen molar-refractivity contribution in [2.75, 3.05) is 10.6 Å². The Morgan fingerprint density at radius 3 is 2.44 bits per heavy atom. The third-order valence-corrected chi connectivity index (χ3v) is 4.50. The summed E-state index contributed by atoms with van der Waals surface area (Å²) in [6, 6.07) is 15.0. The van der Waals surface area contributed by atoms with Crippen LogP contribution in [0.15, 0.2) is 59.2 Å². The van der Waals surface area contributed by atoms with Crippen LogP contribution in [0.4, 0.5) is 17.3 Å². The molecule has 0 radical (unpaired) electrons. The molecule has 2 N–H and O–H groups in total. The molecule has 2 aromatic carbocycles. The summed E-state index contributed by atoms with van der Waals surface area (Å²) in [6.07, 6.45) is 1.56. The largest absolute Gasteiger partial charge is 0.324 e. The van der Waals surface area contributed by atoms with E-state index >= 15 is 0 Å². The average molecular weight is 397 g/mol. The number of hydrogen-bond donors (Lipinski definition) is 2. The molecular weight excluding hydrogens is 380 g/mol. The van der Waals surface area contributed by atoms with Crippen LogP contribution in [0.25, 0.3) is 0 Å². The average Bonchev–Trinajstić information content (AvgIpc) is 2.60. The zero-order valence-electron chi connectivity index (χ0n) is 13.9. The van der Waals surface area contributed by atoms with Crippen molar-refractivity contribution in [1.82, 2.24) is 9.97 Å². The van der Waals surface area contributed by atoms with Gasteiger partial charge in [-0.3, -0.25) is 4.79 Å². The highest BCUT2D eigenvalue weighted by Crippen LogP contribution is 2.21. The number of rotatable bonds is 4. The number of carbonyl (C=O) groups is 1. The summed E-state index contributed by atoms with van der Waals surface area (Å²) in [4.78, 5) is 20.8. The number of aromatic nitrogens is 2. The van der Waals surface area contributed by atoms with Crippen molar-refractivity contribution in [1.29, 1.82) is 0 Å². The number of benzene rings is 2. The molecule has 0 fully saturated rings. The van der Waals surface area contributed by atoms with Crippen LogP contribution in [0.3, 0.4) is 0 Å². The standard InChI is InChI=1S/C19H17BrN4O/c1-12-3-5-14(6-4-12)22-18(25)17-9-10-21-19(24-17)23-15-7-8-16(20)13(2)11-15/h3-11H,1-2H3,(H,22,25)(H,21,23,24). The summed E-state index contributed by atoms with van der Waals surface area (Å²) < 4.78 is 1.03. The van der Waals surface area contributed by atoms with Crippen LogP contribution < -0.4 is 10.6 Å². The molecule has 0 aliphatic rings. The quantitative estimate of drug-likeness (QED) is 0.661. The Morgan fingerprint density at radius 1 is 1.00 bits per heavy atom. The van der Waals surface area contributed by atoms with E-state index in [-0.39, 0.29) is 5.91 Å². The maximum atomic E-state index is 12.4. The Bertz CT molecular complexity index is 910. The van der Waals surface area contributed by atoms with E-state index < -0.39 is 0 Å². The van der Waals surface area contributed by atoms with Gasteiger partial charge in [0.05, 0.1) is 0 Å². The van der Waals surface area contributed by atoms with E-state index in [2.05, 4.69) is 36.5 Å². The molecule has 0 saturated heterocycles. The van der Waals surface area contributed by atoms with E-state index in [4.69, 9.17) is 0 Å². The van der Waals surface area contributed by atoms with Crippen molar-refractivity contribution in [3.05, 3.63) is 76.0 Å². The van der Waals surface area contributed by atoms with Crippen molar-refractivity contribution < 1.29 is 4.79 Å². The van der Waals surface area contributed by atoms with Gasteiger partial charge in [0.25, 0.3) is 5.91 Å². The Labute approximate surface area is 154 Å². The molecule has 5 nitrogen and oxygen atoms in total. The third-order valence-electron chi connectivity index (χ3n) is 3.61. The molecule has 6 heteroatoms. The van der Waals surface area contributed by atoms with Gasteiger partial charge in [0.2, 0.25) is 5.95 Å². The fourth-order valence-corrected chi connectivity index (χ4v) is 2.48. The highest BCUT2D eigenvalue weighted by Gasteiger charge is 2.09. The van der Waals surface area contributed by atoms with Gasteiger partial charge in [-0.05, 0) is 55.8 Å². The molecule has 0 aliphatic heterocycles. The number of anilines is 3. The number of halogens is 1. The topological polar surface area (TPSA) is 66.9 Å². The van der Waals surface area contributed by atoms with Gasteiger partial charge >= 0.3 is 0 Å². The zero-order chi connectivity index (χ0) is 17.8. The third kappa shape index (κ3) is 4.42. The number of carbonyl (C=O) groups excluding carboxylic acids is 1. The first-order chi connectivity index (χ1) is 12.0. The molecule has 3 rings (SSSR count). The van der Waals surface area contributed by atoms with E-state index in [0.717, 1.165) is 27.0 Å². The molecular formula is C19H17BrN4O. The number of hydrogen-bond acceptors (Lipinski definition) is 4. The summed E-state index contributed by atoms with van der Waals surface area (Å²) >= 11 is 3.47. The first-order valence-electron chi connectivity index (χ1n) is 7.75. The Balaban J connectivity index is 1.75. The number of nitrogens with one attached hydrogen (secondary N) is 2. The Hall–Kier alpha value is -2.73. The summed E-state index contributed by atoms with van der Waals surface area (Å²) in [5.74, 6) is 0.0968. The van der Waals surface area contributed by atoms with Crippen LogP contribution in [0, 0.1) is 13.8 Å². The molecule has 3 aromatic rings. The van der Waals surface area contributed by atoms with Gasteiger partial charge in [-0.1, -0.05) is 33.6 Å². The Morgan fingerprint density at radius 2 is 1.72 bits per heavy atom. The molecule has 25 heavy (non-hydrogen) atoms. The highest BCUT2D eigenvalue weighted by molar-refractivity contribution is 9.10. The molecule has 0 spiro atoms. The van der Waals surface area contributed by atoms with E-state index in [9.17, 15) is 4.79 Å². The molecule has 0 saturated carbocycles. The molecule has 126 valence electrons. The summed E-state index contributed by atoms with van der Waals surface area (Å²) in [7, 11) is 0. The van der Waals surface area contributed by atoms with Crippen molar-refractivity contribution in [2.45, 2.75) is 13.8 Å². The van der Waals surface area contributed by atoms with Gasteiger partial charge in [0.1, 0.15) is 5.69 Å². The van der Waals surface area contributed by atoms with Gasteiger partial charge in [-0.15, -0.1) is 0 Å². The minimum Gasteiger partial charge on any atom is -0.324 e. The van der Waals surface area contributed by atoms with Crippen LogP contribution in [0.1, 0.15) is 21.6 Å². The van der Waals surface area contributed by atoms with E-state index in [1.807, 2.05) is 56.3 Å². The van der Waals surface area contributed by atoms with Gasteiger partial charge in [0.15, 0.2) is 0 Å². The first kappa shape index (κ1) is 17.1. The van der Waals surface area contributed by atoms with Gasteiger partial charge < -0.3 is 10.6 Å². The van der Waals surface area contributed by atoms with E-state index in [1.165, 1.54) is 0 Å². The minimum absolute atomic E-state index is 0.277. The van der Waals surface area contributed by atoms with Gasteiger partial charge in [-0.2, -0.15) is 0 Å². The lowest BCUT2D eigenvalue weighted by Crippen LogP contribution is -2.14. The number of amides is 1. The summed E-state index contributed by atoms with van der Waals surface area (Å²) in [6.45, 7) is 4.00. The first-order valence-corrected chi connectivity index (χ1v) is 8.55. The smallest absolute Gasteiger partial charge is 0.274 e. The Kier molecular flexibility index (Phi) is 5.09. The van der Waals surface area contributed by atoms with Crippen molar-refractivity contribution in [3.8, 4) is 0 Å². The second-order valence-electron chi connectivity index (χ2n) is 5.67. The highest BCUT2D eigenvalue weighted by atomic mass is 79.9. The lowest BCUT2D eigenvalue weighted by atomic mass is 10.2. The number of aryl methyl sites for hydroxylation is 2. The second-order valence-corrected chi connectivity index (χ2v) is 6.53. The van der Waals surface area contributed by atoms with Crippen molar-refractivity contribution >= 4 is 39.2 Å². The van der Waals surface area contributed by atoms with Crippen LogP contribution in [0.2, 0.25) is 0 Å². The normalized spacial score (nSPS) is 10.4. The lowest BCUT2D eigenvalue weighted by molar-refractivity contribution is 0.102. The molecule has 0 atom stereocenters. The molecule has 1 heterocycles. The van der Waals surface area contributed by atoms with Crippen LogP contribution in [0.5, 0.6) is 0 Å². The molecule has 0 aliphatic carbocycles. The molecule has 0 unspecified atom stereocenters. The zero-order valence-corrected chi connectivity index (χ0v) is 15.5. The molecule has 0 bridgehead atoms. The SMILES string of the molecule is Cc1ccc(NC(=O)c2ccnc(Nc3ccc(Br)c(C)c3)n2)cc1. The molecule has 1 aromatic heterocycles. The maximum absolute atomic E-state index is 12.4. The second kappa shape index (κ2) is 7.44. The number of nitrogens with zero attached hydrogens (tertiary/aromatic N) is 2. The monoisotopic (exact) mass is 396 g/mol. The predicted molar refractivity (Wildman–Crippen MR) is 103 cm³/mol. The van der Waals surface area contributed by atoms with Crippen molar-refractivity contribution in [2.24, 2.45) is 0 Å². The van der Waals surface area contributed by atoms with Crippen LogP contribution in [-0.2, 0) is 0 Å².